The van der Waals surface area contributed by atoms with Gasteiger partial charge in [-0.15, -0.1) is 11.3 Å². The predicted molar refractivity (Wildman–Crippen MR) is 105 cm³/mol. The molecule has 4 heterocycles. The van der Waals surface area contributed by atoms with Crippen molar-refractivity contribution >= 4 is 27.4 Å². The van der Waals surface area contributed by atoms with E-state index in [1.54, 1.807) is 0 Å². The van der Waals surface area contributed by atoms with Crippen molar-refractivity contribution in [3.8, 4) is 0 Å². The van der Waals surface area contributed by atoms with E-state index in [-0.39, 0.29) is 0 Å². The van der Waals surface area contributed by atoms with Crippen LogP contribution in [0.4, 0.5) is 5.82 Å². The largest absolute Gasteiger partial charge is 0.379 e. The Kier molecular flexibility index (Phi) is 4.79. The summed E-state index contributed by atoms with van der Waals surface area (Å²) in [6.07, 6.45) is 7.53. The molecular weight excluding hydrogens is 346 g/mol. The molecule has 5 rings (SSSR count). The molecule has 2 saturated heterocycles. The minimum Gasteiger partial charge on any atom is -0.379 e. The Morgan fingerprint density at radius 1 is 0.962 bits per heavy atom. The number of hydrazine groups is 1. The minimum atomic E-state index is 0.814. The van der Waals surface area contributed by atoms with E-state index < -0.39 is 0 Å². The van der Waals surface area contributed by atoms with Gasteiger partial charge in [0.15, 0.2) is 5.82 Å². The van der Waals surface area contributed by atoms with Gasteiger partial charge in [-0.3, -0.25) is 4.90 Å². The SMILES string of the molecule is C1CCN(Nc2nc(CN3CCOCC3)nc3sc4c(c23)CCC4)CC1. The quantitative estimate of drug-likeness (QED) is 0.889. The lowest BCUT2D eigenvalue weighted by molar-refractivity contribution is 0.0331. The number of morpholine rings is 1. The first-order valence-electron chi connectivity index (χ1n) is 10.00. The Morgan fingerprint density at radius 2 is 1.81 bits per heavy atom. The number of nitrogens with one attached hydrogen (secondary N) is 1. The van der Waals surface area contributed by atoms with E-state index in [1.165, 1.54) is 59.2 Å². The van der Waals surface area contributed by atoms with Crippen molar-refractivity contribution in [2.24, 2.45) is 0 Å². The first kappa shape index (κ1) is 16.9. The molecule has 3 aliphatic rings. The molecule has 140 valence electrons. The van der Waals surface area contributed by atoms with Gasteiger partial charge in [-0.1, -0.05) is 6.42 Å². The first-order valence-corrected chi connectivity index (χ1v) is 10.8. The third-order valence-corrected chi connectivity index (χ3v) is 6.89. The van der Waals surface area contributed by atoms with Gasteiger partial charge in [0.25, 0.3) is 0 Å². The highest BCUT2D eigenvalue weighted by molar-refractivity contribution is 7.19. The summed E-state index contributed by atoms with van der Waals surface area (Å²) in [7, 11) is 0. The van der Waals surface area contributed by atoms with Gasteiger partial charge in [0.1, 0.15) is 10.7 Å². The van der Waals surface area contributed by atoms with Crippen molar-refractivity contribution < 1.29 is 4.74 Å². The van der Waals surface area contributed by atoms with Gasteiger partial charge in [-0.25, -0.2) is 15.0 Å². The van der Waals surface area contributed by atoms with Gasteiger partial charge < -0.3 is 10.2 Å². The first-order chi connectivity index (χ1) is 12.9. The maximum absolute atomic E-state index is 5.47. The van der Waals surface area contributed by atoms with E-state index in [0.717, 1.165) is 57.6 Å². The summed E-state index contributed by atoms with van der Waals surface area (Å²) in [5.74, 6) is 1.98. The van der Waals surface area contributed by atoms with E-state index in [4.69, 9.17) is 14.7 Å². The Bertz CT molecular complexity index is 780. The molecule has 26 heavy (non-hydrogen) atoms. The smallest absolute Gasteiger partial charge is 0.153 e. The Labute approximate surface area is 158 Å². The van der Waals surface area contributed by atoms with Crippen molar-refractivity contribution in [2.75, 3.05) is 44.8 Å². The van der Waals surface area contributed by atoms with Crippen LogP contribution in [-0.2, 0) is 24.1 Å². The van der Waals surface area contributed by atoms with Crippen LogP contribution in [0.3, 0.4) is 0 Å². The second-order valence-electron chi connectivity index (χ2n) is 7.57. The zero-order valence-corrected chi connectivity index (χ0v) is 16.1. The van der Waals surface area contributed by atoms with Crippen LogP contribution < -0.4 is 5.43 Å². The van der Waals surface area contributed by atoms with E-state index in [2.05, 4.69) is 15.3 Å². The number of ether oxygens (including phenoxy) is 1. The molecular formula is C19H27N5OS. The second-order valence-corrected chi connectivity index (χ2v) is 8.66. The molecule has 1 aliphatic carbocycles. The molecule has 0 unspecified atom stereocenters. The van der Waals surface area contributed by atoms with E-state index >= 15 is 0 Å². The topological polar surface area (TPSA) is 53.5 Å². The highest BCUT2D eigenvalue weighted by Crippen LogP contribution is 2.39. The van der Waals surface area contributed by atoms with Crippen LogP contribution in [0.1, 0.15) is 41.9 Å². The number of fused-ring (bicyclic) bond motifs is 3. The molecule has 7 heteroatoms. The minimum absolute atomic E-state index is 0.814. The normalized spacial score (nSPS) is 22.0. The van der Waals surface area contributed by atoms with Crippen molar-refractivity contribution in [3.05, 3.63) is 16.3 Å². The lowest BCUT2D eigenvalue weighted by Crippen LogP contribution is -2.37. The fraction of sp³-hybridized carbons (Fsp3) is 0.684. The fourth-order valence-electron chi connectivity index (χ4n) is 4.31. The fourth-order valence-corrected chi connectivity index (χ4v) is 5.59. The monoisotopic (exact) mass is 373 g/mol. The molecule has 0 spiro atoms. The van der Waals surface area contributed by atoms with Gasteiger partial charge in [0.2, 0.25) is 0 Å². The summed E-state index contributed by atoms with van der Waals surface area (Å²) in [5.41, 5.74) is 5.17. The number of hydrogen-bond donors (Lipinski definition) is 1. The van der Waals surface area contributed by atoms with Crippen molar-refractivity contribution in [3.63, 3.8) is 0 Å². The molecule has 2 aromatic rings. The summed E-state index contributed by atoms with van der Waals surface area (Å²) < 4.78 is 5.47. The molecule has 2 fully saturated rings. The molecule has 0 saturated carbocycles. The summed E-state index contributed by atoms with van der Waals surface area (Å²) in [6, 6.07) is 0. The van der Waals surface area contributed by atoms with Crippen LogP contribution >= 0.6 is 11.3 Å². The Balaban J connectivity index is 1.48. The highest BCUT2D eigenvalue weighted by Gasteiger charge is 2.24. The van der Waals surface area contributed by atoms with Gasteiger partial charge in [0, 0.05) is 31.1 Å². The number of aryl methyl sites for hydroxylation is 2. The Morgan fingerprint density at radius 3 is 2.65 bits per heavy atom. The maximum Gasteiger partial charge on any atom is 0.153 e. The van der Waals surface area contributed by atoms with Gasteiger partial charge in [0.05, 0.1) is 25.1 Å². The number of nitrogens with zero attached hydrogens (tertiary/aromatic N) is 4. The van der Waals surface area contributed by atoms with E-state index in [9.17, 15) is 0 Å². The van der Waals surface area contributed by atoms with Gasteiger partial charge in [-0.2, -0.15) is 0 Å². The second kappa shape index (κ2) is 7.38. The number of hydrogen-bond acceptors (Lipinski definition) is 7. The molecule has 0 atom stereocenters. The van der Waals surface area contributed by atoms with Crippen LogP contribution in [-0.4, -0.2) is 59.3 Å². The predicted octanol–water partition coefficient (Wildman–Crippen LogP) is 2.83. The average molecular weight is 374 g/mol. The summed E-state index contributed by atoms with van der Waals surface area (Å²) in [4.78, 5) is 15.1. The molecule has 0 aromatic carbocycles. The standard InChI is InChI=1S/C19H27N5OS/c1-2-7-24(8-3-1)22-18-17-14-5-4-6-15(14)26-19(17)21-16(20-18)13-23-9-11-25-12-10-23/h1-13H2,(H,20,21,22). The zero-order valence-electron chi connectivity index (χ0n) is 15.3. The highest BCUT2D eigenvalue weighted by atomic mass is 32.1. The summed E-state index contributed by atoms with van der Waals surface area (Å²) >= 11 is 1.89. The Hall–Kier alpha value is -1.28. The number of aromatic nitrogens is 2. The van der Waals surface area contributed by atoms with E-state index in [0.29, 0.717) is 0 Å². The number of piperidine rings is 1. The van der Waals surface area contributed by atoms with Crippen molar-refractivity contribution in [1.29, 1.82) is 0 Å². The lowest BCUT2D eigenvalue weighted by atomic mass is 10.1. The van der Waals surface area contributed by atoms with Crippen LogP contribution in [0, 0.1) is 0 Å². The molecule has 1 N–H and O–H groups in total. The summed E-state index contributed by atoms with van der Waals surface area (Å²) in [6.45, 7) is 6.60. The van der Waals surface area contributed by atoms with Crippen molar-refractivity contribution in [1.82, 2.24) is 19.9 Å². The van der Waals surface area contributed by atoms with Crippen molar-refractivity contribution in [2.45, 2.75) is 45.1 Å². The molecule has 0 amide bonds. The van der Waals surface area contributed by atoms with Crippen LogP contribution in [0.2, 0.25) is 0 Å². The molecule has 0 bridgehead atoms. The van der Waals surface area contributed by atoms with Gasteiger partial charge in [-0.05, 0) is 37.7 Å². The zero-order chi connectivity index (χ0) is 17.3. The molecule has 2 aromatic heterocycles. The molecule has 2 aliphatic heterocycles. The van der Waals surface area contributed by atoms with Crippen LogP contribution in [0.25, 0.3) is 10.2 Å². The number of rotatable bonds is 4. The lowest BCUT2D eigenvalue weighted by Gasteiger charge is -2.28. The third kappa shape index (κ3) is 3.33. The molecule has 0 radical (unpaired) electrons. The average Bonchev–Trinajstić information content (AvgIpc) is 3.24. The van der Waals surface area contributed by atoms with E-state index in [1.807, 2.05) is 11.3 Å². The van der Waals surface area contributed by atoms with Gasteiger partial charge >= 0.3 is 0 Å². The van der Waals surface area contributed by atoms with Crippen LogP contribution in [0.15, 0.2) is 0 Å². The number of anilines is 1. The summed E-state index contributed by atoms with van der Waals surface area (Å²) in [5, 5.41) is 3.64. The third-order valence-electron chi connectivity index (χ3n) is 5.70. The number of thiophene rings is 1. The maximum atomic E-state index is 5.47. The van der Waals surface area contributed by atoms with Crippen LogP contribution in [0.5, 0.6) is 0 Å². The molecule has 6 nitrogen and oxygen atoms in total.